The van der Waals surface area contributed by atoms with Gasteiger partial charge in [0, 0.05) is 24.0 Å². The van der Waals surface area contributed by atoms with Gasteiger partial charge in [0.1, 0.15) is 0 Å². The number of hydrogen-bond donors (Lipinski definition) is 0. The van der Waals surface area contributed by atoms with E-state index >= 15 is 0 Å². The second-order valence-electron chi connectivity index (χ2n) is 4.23. The second kappa shape index (κ2) is 5.00. The van der Waals surface area contributed by atoms with E-state index in [1.165, 1.54) is 5.56 Å². The van der Waals surface area contributed by atoms with Crippen molar-refractivity contribution in [3.8, 4) is 0 Å². The number of para-hydroxylation sites is 1. The van der Waals surface area contributed by atoms with Crippen molar-refractivity contribution in [3.63, 3.8) is 0 Å². The molecule has 0 saturated heterocycles. The van der Waals surface area contributed by atoms with E-state index in [1.807, 2.05) is 17.0 Å². The number of alkyl halides is 1. The number of carbonyl (C=O) groups is 1. The van der Waals surface area contributed by atoms with Gasteiger partial charge in [0.15, 0.2) is 0 Å². The van der Waals surface area contributed by atoms with Crippen LogP contribution in [0.5, 0.6) is 0 Å². The Balaban J connectivity index is 2.31. The summed E-state index contributed by atoms with van der Waals surface area (Å²) >= 11 is 3.32. The van der Waals surface area contributed by atoms with E-state index in [0.29, 0.717) is 12.3 Å². The molecule has 0 aromatic heterocycles. The SMILES string of the molecule is C[C@H]1CCN(C(=O)CCBr)c2ccccc21. The van der Waals surface area contributed by atoms with Crippen molar-refractivity contribution in [1.82, 2.24) is 0 Å². The maximum absolute atomic E-state index is 12.0. The Bertz CT molecular complexity index is 391. The molecule has 1 aliphatic rings. The van der Waals surface area contributed by atoms with Gasteiger partial charge in [0.05, 0.1) is 0 Å². The number of amides is 1. The molecule has 1 aromatic rings. The zero-order chi connectivity index (χ0) is 11.5. The first-order valence-electron chi connectivity index (χ1n) is 5.69. The predicted octanol–water partition coefficient (Wildman–Crippen LogP) is 3.31. The molecule has 1 aromatic carbocycles. The van der Waals surface area contributed by atoms with Crippen LogP contribution in [0, 0.1) is 0 Å². The third-order valence-corrected chi connectivity index (χ3v) is 3.55. The largest absolute Gasteiger partial charge is 0.312 e. The molecule has 0 aliphatic carbocycles. The Morgan fingerprint density at radius 3 is 3.00 bits per heavy atom. The summed E-state index contributed by atoms with van der Waals surface area (Å²) < 4.78 is 0. The van der Waals surface area contributed by atoms with Crippen LogP contribution in [-0.2, 0) is 4.79 Å². The fraction of sp³-hybridized carbons (Fsp3) is 0.462. The van der Waals surface area contributed by atoms with Crippen LogP contribution in [0.4, 0.5) is 5.69 Å². The quantitative estimate of drug-likeness (QED) is 0.762. The van der Waals surface area contributed by atoms with E-state index in [9.17, 15) is 4.79 Å². The number of rotatable bonds is 2. The average molecular weight is 282 g/mol. The molecule has 0 unspecified atom stereocenters. The van der Waals surface area contributed by atoms with Crippen LogP contribution >= 0.6 is 15.9 Å². The lowest BCUT2D eigenvalue weighted by molar-refractivity contribution is -0.118. The highest BCUT2D eigenvalue weighted by Crippen LogP contribution is 2.34. The molecular weight excluding hydrogens is 266 g/mol. The van der Waals surface area contributed by atoms with Gasteiger partial charge in [0.2, 0.25) is 5.91 Å². The van der Waals surface area contributed by atoms with Gasteiger partial charge in [-0.1, -0.05) is 41.1 Å². The summed E-state index contributed by atoms with van der Waals surface area (Å²) in [4.78, 5) is 13.9. The number of halogens is 1. The van der Waals surface area contributed by atoms with Gasteiger partial charge in [-0.05, 0) is 24.0 Å². The summed E-state index contributed by atoms with van der Waals surface area (Å²) in [5, 5.41) is 0.736. The fourth-order valence-corrected chi connectivity index (χ4v) is 2.56. The minimum Gasteiger partial charge on any atom is -0.312 e. The standard InChI is InChI=1S/C13H16BrNO/c1-10-7-9-15(13(16)6-8-14)12-5-3-2-4-11(10)12/h2-5,10H,6-9H2,1H3/t10-/m0/s1. The zero-order valence-electron chi connectivity index (χ0n) is 9.45. The third-order valence-electron chi connectivity index (χ3n) is 3.15. The predicted molar refractivity (Wildman–Crippen MR) is 70.2 cm³/mol. The lowest BCUT2D eigenvalue weighted by Gasteiger charge is -2.32. The molecule has 2 rings (SSSR count). The molecule has 0 N–H and O–H groups in total. The maximum Gasteiger partial charge on any atom is 0.227 e. The average Bonchev–Trinajstić information content (AvgIpc) is 2.30. The van der Waals surface area contributed by atoms with Gasteiger partial charge in [0.25, 0.3) is 0 Å². The number of carbonyl (C=O) groups excluding carboxylic acids is 1. The fourth-order valence-electron chi connectivity index (χ4n) is 2.22. The topological polar surface area (TPSA) is 20.3 Å². The molecule has 0 saturated carbocycles. The van der Waals surface area contributed by atoms with E-state index < -0.39 is 0 Å². The van der Waals surface area contributed by atoms with E-state index in [2.05, 4.69) is 35.0 Å². The number of fused-ring (bicyclic) bond motifs is 1. The van der Waals surface area contributed by atoms with Crippen molar-refractivity contribution >= 4 is 27.5 Å². The highest BCUT2D eigenvalue weighted by Gasteiger charge is 2.25. The van der Waals surface area contributed by atoms with Crippen molar-refractivity contribution in [3.05, 3.63) is 29.8 Å². The summed E-state index contributed by atoms with van der Waals surface area (Å²) in [6.07, 6.45) is 1.63. The first-order chi connectivity index (χ1) is 7.74. The van der Waals surface area contributed by atoms with Crippen molar-refractivity contribution in [2.45, 2.75) is 25.7 Å². The summed E-state index contributed by atoms with van der Waals surface area (Å²) in [6, 6.07) is 8.24. The van der Waals surface area contributed by atoms with Gasteiger partial charge in [-0.2, -0.15) is 0 Å². The second-order valence-corrected chi connectivity index (χ2v) is 5.03. The Morgan fingerprint density at radius 1 is 1.50 bits per heavy atom. The third kappa shape index (κ3) is 2.14. The van der Waals surface area contributed by atoms with Gasteiger partial charge < -0.3 is 4.90 Å². The van der Waals surface area contributed by atoms with Crippen LogP contribution in [0.1, 0.15) is 31.2 Å². The minimum atomic E-state index is 0.219. The molecule has 1 atom stereocenters. The van der Waals surface area contributed by atoms with Crippen molar-refractivity contribution in [1.29, 1.82) is 0 Å². The van der Waals surface area contributed by atoms with Crippen LogP contribution < -0.4 is 4.90 Å². The lowest BCUT2D eigenvalue weighted by atomic mass is 9.91. The van der Waals surface area contributed by atoms with E-state index in [-0.39, 0.29) is 5.91 Å². The molecule has 16 heavy (non-hydrogen) atoms. The molecule has 2 nitrogen and oxygen atoms in total. The van der Waals surface area contributed by atoms with Crippen LogP contribution in [0.25, 0.3) is 0 Å². The Morgan fingerprint density at radius 2 is 2.25 bits per heavy atom. The van der Waals surface area contributed by atoms with Gasteiger partial charge in [-0.3, -0.25) is 4.79 Å². The molecule has 3 heteroatoms. The molecule has 1 heterocycles. The lowest BCUT2D eigenvalue weighted by Crippen LogP contribution is -2.36. The molecule has 0 spiro atoms. The Kier molecular flexibility index (Phi) is 3.64. The van der Waals surface area contributed by atoms with Crippen molar-refractivity contribution in [2.24, 2.45) is 0 Å². The highest BCUT2D eigenvalue weighted by molar-refractivity contribution is 9.09. The van der Waals surface area contributed by atoms with Gasteiger partial charge >= 0.3 is 0 Å². The Hall–Kier alpha value is -0.830. The minimum absolute atomic E-state index is 0.219. The molecule has 1 amide bonds. The first kappa shape index (κ1) is 11.6. The van der Waals surface area contributed by atoms with Crippen LogP contribution in [-0.4, -0.2) is 17.8 Å². The number of anilines is 1. The first-order valence-corrected chi connectivity index (χ1v) is 6.81. The van der Waals surface area contributed by atoms with E-state index in [1.54, 1.807) is 0 Å². The number of nitrogens with zero attached hydrogens (tertiary/aromatic N) is 1. The monoisotopic (exact) mass is 281 g/mol. The number of benzene rings is 1. The van der Waals surface area contributed by atoms with Gasteiger partial charge in [-0.15, -0.1) is 0 Å². The van der Waals surface area contributed by atoms with E-state index in [4.69, 9.17) is 0 Å². The molecule has 86 valence electrons. The Labute approximate surface area is 105 Å². The van der Waals surface area contributed by atoms with Crippen molar-refractivity contribution in [2.75, 3.05) is 16.8 Å². The normalized spacial score (nSPS) is 19.4. The summed E-state index contributed by atoms with van der Waals surface area (Å²) in [6.45, 7) is 3.08. The molecule has 1 aliphatic heterocycles. The smallest absolute Gasteiger partial charge is 0.227 e. The van der Waals surface area contributed by atoms with Crippen LogP contribution in [0.3, 0.4) is 0 Å². The molecule has 0 bridgehead atoms. The highest BCUT2D eigenvalue weighted by atomic mass is 79.9. The van der Waals surface area contributed by atoms with Crippen molar-refractivity contribution < 1.29 is 4.79 Å². The van der Waals surface area contributed by atoms with Crippen LogP contribution in [0.15, 0.2) is 24.3 Å². The van der Waals surface area contributed by atoms with Crippen LogP contribution in [0.2, 0.25) is 0 Å². The zero-order valence-corrected chi connectivity index (χ0v) is 11.0. The summed E-state index contributed by atoms with van der Waals surface area (Å²) in [7, 11) is 0. The molecule has 0 fully saturated rings. The molecule has 0 radical (unpaired) electrons. The summed E-state index contributed by atoms with van der Waals surface area (Å²) in [5.41, 5.74) is 2.41. The van der Waals surface area contributed by atoms with E-state index in [0.717, 1.165) is 24.0 Å². The molecular formula is C13H16BrNO. The summed E-state index contributed by atoms with van der Waals surface area (Å²) in [5.74, 6) is 0.778. The van der Waals surface area contributed by atoms with Gasteiger partial charge in [-0.25, -0.2) is 0 Å². The number of hydrogen-bond acceptors (Lipinski definition) is 1. The maximum atomic E-state index is 12.0.